The molecule has 2 rings (SSSR count). The maximum atomic E-state index is 13.5. The molecule has 0 aliphatic carbocycles. The number of halogens is 2. The normalized spacial score (nSPS) is 18.1. The molecule has 1 atom stereocenters. The van der Waals surface area contributed by atoms with Crippen LogP contribution < -0.4 is 10.6 Å². The van der Waals surface area contributed by atoms with Crippen molar-refractivity contribution in [3.8, 4) is 0 Å². The first kappa shape index (κ1) is 14.7. The van der Waals surface area contributed by atoms with Gasteiger partial charge in [0.25, 0.3) is 5.91 Å². The molecule has 1 aliphatic heterocycles. The van der Waals surface area contributed by atoms with Crippen LogP contribution in [0.1, 0.15) is 29.6 Å². The molecular weight excluding hydrogens is 266 g/mol. The molecule has 6 heteroatoms. The van der Waals surface area contributed by atoms with E-state index in [9.17, 15) is 13.6 Å². The number of amides is 1. The smallest absolute Gasteiger partial charge is 0.251 e. The van der Waals surface area contributed by atoms with Crippen molar-refractivity contribution in [1.82, 2.24) is 5.32 Å². The average molecular weight is 284 g/mol. The first-order valence-corrected chi connectivity index (χ1v) is 6.68. The molecule has 1 aliphatic rings. The third-order valence-corrected chi connectivity index (χ3v) is 3.33. The van der Waals surface area contributed by atoms with Crippen LogP contribution in [0.4, 0.5) is 14.5 Å². The Morgan fingerprint density at radius 1 is 1.40 bits per heavy atom. The predicted octanol–water partition coefficient (Wildman–Crippen LogP) is 2.31. The van der Waals surface area contributed by atoms with Crippen LogP contribution in [0.25, 0.3) is 0 Å². The van der Waals surface area contributed by atoms with Crippen molar-refractivity contribution in [2.45, 2.75) is 25.4 Å². The number of benzene rings is 1. The third kappa shape index (κ3) is 3.45. The molecular formula is C14H18F2N2O2. The van der Waals surface area contributed by atoms with Crippen LogP contribution in [-0.2, 0) is 4.74 Å². The third-order valence-electron chi connectivity index (χ3n) is 3.33. The number of rotatable bonds is 5. The summed E-state index contributed by atoms with van der Waals surface area (Å²) in [4.78, 5) is 11.8. The topological polar surface area (TPSA) is 50.4 Å². The van der Waals surface area contributed by atoms with Gasteiger partial charge in [-0.2, -0.15) is 0 Å². The van der Waals surface area contributed by atoms with E-state index < -0.39 is 17.5 Å². The fourth-order valence-electron chi connectivity index (χ4n) is 2.26. The molecule has 20 heavy (non-hydrogen) atoms. The van der Waals surface area contributed by atoms with Crippen LogP contribution in [0, 0.1) is 11.6 Å². The van der Waals surface area contributed by atoms with Gasteiger partial charge in [-0.05, 0) is 31.4 Å². The van der Waals surface area contributed by atoms with E-state index in [1.807, 2.05) is 0 Å². The quantitative estimate of drug-likeness (QED) is 0.872. The van der Waals surface area contributed by atoms with Gasteiger partial charge in [0.2, 0.25) is 0 Å². The minimum Gasteiger partial charge on any atom is -0.383 e. The molecule has 0 radical (unpaired) electrons. The first-order chi connectivity index (χ1) is 9.61. The van der Waals surface area contributed by atoms with Gasteiger partial charge < -0.3 is 15.4 Å². The van der Waals surface area contributed by atoms with Crippen molar-refractivity contribution in [2.24, 2.45) is 0 Å². The molecule has 110 valence electrons. The second-order valence-corrected chi connectivity index (χ2v) is 4.74. The minimum atomic E-state index is -0.781. The van der Waals surface area contributed by atoms with Gasteiger partial charge in [-0.3, -0.25) is 4.79 Å². The molecule has 0 saturated carbocycles. The Balaban J connectivity index is 1.91. The lowest BCUT2D eigenvalue weighted by atomic mass is 10.1. The fourth-order valence-corrected chi connectivity index (χ4v) is 2.26. The summed E-state index contributed by atoms with van der Waals surface area (Å²) in [6, 6.07) is 2.05. The van der Waals surface area contributed by atoms with Gasteiger partial charge >= 0.3 is 0 Å². The van der Waals surface area contributed by atoms with Gasteiger partial charge in [0, 0.05) is 25.8 Å². The lowest BCUT2D eigenvalue weighted by Gasteiger charge is -2.11. The first-order valence-electron chi connectivity index (χ1n) is 6.68. The molecule has 0 spiro atoms. The molecule has 0 aromatic heterocycles. The van der Waals surface area contributed by atoms with Crippen LogP contribution in [0.15, 0.2) is 12.1 Å². The van der Waals surface area contributed by atoms with Crippen LogP contribution >= 0.6 is 0 Å². The highest BCUT2D eigenvalue weighted by Crippen LogP contribution is 2.20. The van der Waals surface area contributed by atoms with Crippen molar-refractivity contribution in [2.75, 3.05) is 25.5 Å². The van der Waals surface area contributed by atoms with Crippen LogP contribution in [0.3, 0.4) is 0 Å². The number of carbonyl (C=O) groups is 1. The Labute approximate surface area is 116 Å². The fraction of sp³-hybridized carbons (Fsp3) is 0.500. The van der Waals surface area contributed by atoms with Gasteiger partial charge in [-0.15, -0.1) is 0 Å². The standard InChI is InChI=1S/C14H18F2N2O2/c1-17-13-11(15)7-9(8-12(13)16)14(19)18-5-4-10-3-2-6-20-10/h7-8,10,17H,2-6H2,1H3,(H,18,19). The van der Waals surface area contributed by atoms with Crippen molar-refractivity contribution < 1.29 is 18.3 Å². The predicted molar refractivity (Wildman–Crippen MR) is 71.8 cm³/mol. The lowest BCUT2D eigenvalue weighted by Crippen LogP contribution is -2.27. The van der Waals surface area contributed by atoms with E-state index in [1.165, 1.54) is 7.05 Å². The van der Waals surface area contributed by atoms with E-state index in [0.29, 0.717) is 13.0 Å². The van der Waals surface area contributed by atoms with Crippen molar-refractivity contribution in [3.05, 3.63) is 29.3 Å². The summed E-state index contributed by atoms with van der Waals surface area (Å²) in [5.41, 5.74) is -0.257. The summed E-state index contributed by atoms with van der Waals surface area (Å²) in [7, 11) is 1.42. The Kier molecular flexibility index (Phi) is 4.89. The van der Waals surface area contributed by atoms with E-state index in [4.69, 9.17) is 4.74 Å². The second-order valence-electron chi connectivity index (χ2n) is 4.74. The Hall–Kier alpha value is -1.69. The Morgan fingerprint density at radius 2 is 2.10 bits per heavy atom. The molecule has 4 nitrogen and oxygen atoms in total. The van der Waals surface area contributed by atoms with Gasteiger partial charge in [-0.1, -0.05) is 0 Å². The van der Waals surface area contributed by atoms with Crippen LogP contribution in [-0.4, -0.2) is 32.2 Å². The zero-order valence-electron chi connectivity index (χ0n) is 11.3. The SMILES string of the molecule is CNc1c(F)cc(C(=O)NCCC2CCCO2)cc1F. The summed E-state index contributed by atoms with van der Waals surface area (Å²) in [5, 5.41) is 5.06. The number of hydrogen-bond acceptors (Lipinski definition) is 3. The van der Waals surface area contributed by atoms with E-state index >= 15 is 0 Å². The molecule has 1 amide bonds. The van der Waals surface area contributed by atoms with Gasteiger partial charge in [0.15, 0.2) is 0 Å². The molecule has 1 fully saturated rings. The maximum absolute atomic E-state index is 13.5. The van der Waals surface area contributed by atoms with E-state index in [0.717, 1.165) is 31.6 Å². The summed E-state index contributed by atoms with van der Waals surface area (Å²) >= 11 is 0. The number of hydrogen-bond donors (Lipinski definition) is 2. The summed E-state index contributed by atoms with van der Waals surface area (Å²) in [5.74, 6) is -2.04. The average Bonchev–Trinajstić information content (AvgIpc) is 2.91. The highest BCUT2D eigenvalue weighted by atomic mass is 19.1. The number of ether oxygens (including phenoxy) is 1. The van der Waals surface area contributed by atoms with Crippen molar-refractivity contribution in [3.63, 3.8) is 0 Å². The van der Waals surface area contributed by atoms with Gasteiger partial charge in [0.1, 0.15) is 17.3 Å². The highest BCUT2D eigenvalue weighted by molar-refractivity contribution is 5.94. The number of nitrogens with one attached hydrogen (secondary N) is 2. The maximum Gasteiger partial charge on any atom is 0.251 e. The minimum absolute atomic E-state index is 0.0219. The molecule has 1 saturated heterocycles. The summed E-state index contributed by atoms with van der Waals surface area (Å²) < 4.78 is 32.5. The number of anilines is 1. The van der Waals surface area contributed by atoms with Crippen molar-refractivity contribution >= 4 is 11.6 Å². The largest absolute Gasteiger partial charge is 0.383 e. The number of carbonyl (C=O) groups excluding carboxylic acids is 1. The van der Waals surface area contributed by atoms with Crippen molar-refractivity contribution in [1.29, 1.82) is 0 Å². The van der Waals surface area contributed by atoms with E-state index in [-0.39, 0.29) is 17.4 Å². The Bertz CT molecular complexity index is 465. The monoisotopic (exact) mass is 284 g/mol. The van der Waals surface area contributed by atoms with Gasteiger partial charge in [0.05, 0.1) is 6.10 Å². The molecule has 0 bridgehead atoms. The zero-order valence-corrected chi connectivity index (χ0v) is 11.3. The summed E-state index contributed by atoms with van der Waals surface area (Å²) in [6.07, 6.45) is 2.93. The lowest BCUT2D eigenvalue weighted by molar-refractivity contribution is 0.0906. The van der Waals surface area contributed by atoms with Gasteiger partial charge in [-0.25, -0.2) is 8.78 Å². The molecule has 2 N–H and O–H groups in total. The molecule has 1 unspecified atom stereocenters. The Morgan fingerprint density at radius 3 is 2.65 bits per heavy atom. The molecule has 1 heterocycles. The molecule has 1 aromatic rings. The molecule has 1 aromatic carbocycles. The van der Waals surface area contributed by atoms with E-state index in [2.05, 4.69) is 10.6 Å². The van der Waals surface area contributed by atoms with Crippen LogP contribution in [0.5, 0.6) is 0 Å². The highest BCUT2D eigenvalue weighted by Gasteiger charge is 2.17. The summed E-state index contributed by atoms with van der Waals surface area (Å²) in [6.45, 7) is 1.20. The zero-order chi connectivity index (χ0) is 14.5. The van der Waals surface area contributed by atoms with Crippen LogP contribution in [0.2, 0.25) is 0 Å². The second kappa shape index (κ2) is 6.65. The van der Waals surface area contributed by atoms with E-state index in [1.54, 1.807) is 0 Å².